The number of rotatable bonds is 6. The number of hydrogen-bond acceptors (Lipinski definition) is 7. The highest BCUT2D eigenvalue weighted by Crippen LogP contribution is 2.29. The molecule has 2 atom stereocenters. The van der Waals surface area contributed by atoms with Gasteiger partial charge in [0, 0.05) is 11.6 Å². The number of pyridine rings is 1. The van der Waals surface area contributed by atoms with Crippen LogP contribution in [-0.4, -0.2) is 33.9 Å². The summed E-state index contributed by atoms with van der Waals surface area (Å²) in [5, 5.41) is 11.1. The molecule has 0 aliphatic carbocycles. The summed E-state index contributed by atoms with van der Waals surface area (Å²) in [6.07, 6.45) is 1.13. The van der Waals surface area contributed by atoms with Crippen molar-refractivity contribution in [2.75, 3.05) is 6.61 Å². The summed E-state index contributed by atoms with van der Waals surface area (Å²) in [4.78, 5) is 32.2. The van der Waals surface area contributed by atoms with Gasteiger partial charge in [0.15, 0.2) is 0 Å². The summed E-state index contributed by atoms with van der Waals surface area (Å²) in [5.74, 6) is -1.82. The number of ether oxygens (including phenoxy) is 1. The molecule has 3 rings (SSSR count). The van der Waals surface area contributed by atoms with Gasteiger partial charge in [-0.1, -0.05) is 17.7 Å². The Bertz CT molecular complexity index is 999. The molecule has 1 N–H and O–H groups in total. The molecule has 27 heavy (non-hydrogen) atoms. The van der Waals surface area contributed by atoms with Gasteiger partial charge < -0.3 is 19.1 Å². The number of carbonyl (C=O) groups is 2. The molecule has 0 aliphatic heterocycles. The van der Waals surface area contributed by atoms with Crippen LogP contribution in [-0.2, 0) is 9.53 Å². The van der Waals surface area contributed by atoms with Crippen LogP contribution in [0, 0.1) is 0 Å². The number of fused-ring (bicyclic) bond motifs is 1. The maximum atomic E-state index is 12.1. The zero-order valence-corrected chi connectivity index (χ0v) is 15.4. The van der Waals surface area contributed by atoms with Crippen molar-refractivity contribution in [1.29, 1.82) is 0 Å². The third-order valence-corrected chi connectivity index (χ3v) is 4.17. The van der Waals surface area contributed by atoms with Gasteiger partial charge in [-0.3, -0.25) is 4.98 Å². The summed E-state index contributed by atoms with van der Waals surface area (Å²) in [5.41, 5.74) is 1.34. The van der Waals surface area contributed by atoms with Crippen molar-refractivity contribution in [2.45, 2.75) is 25.9 Å². The average molecular weight is 389 g/mol. The quantitative estimate of drug-likeness (QED) is 0.509. The normalized spacial score (nSPS) is 13.3. The monoisotopic (exact) mass is 388 g/mol. The van der Waals surface area contributed by atoms with E-state index in [0.717, 1.165) is 10.9 Å². The molecular weight excluding hydrogens is 372 g/mol. The molecule has 3 aromatic rings. The van der Waals surface area contributed by atoms with Crippen LogP contribution >= 0.6 is 11.6 Å². The summed E-state index contributed by atoms with van der Waals surface area (Å²) in [6.45, 7) is 3.24. The van der Waals surface area contributed by atoms with Crippen LogP contribution in [0.25, 0.3) is 10.9 Å². The Morgan fingerprint density at radius 2 is 2.19 bits per heavy atom. The molecule has 2 heterocycles. The average Bonchev–Trinajstić information content (AvgIpc) is 3.08. The van der Waals surface area contributed by atoms with E-state index in [4.69, 9.17) is 20.8 Å². The highest BCUT2D eigenvalue weighted by Gasteiger charge is 2.28. The number of esters is 1. The Hall–Kier alpha value is -2.77. The number of aliphatic hydroxyl groups is 1. The van der Waals surface area contributed by atoms with Gasteiger partial charge in [0.1, 0.15) is 17.9 Å². The molecule has 0 amide bonds. The second kappa shape index (κ2) is 7.85. The second-order valence-corrected chi connectivity index (χ2v) is 6.32. The van der Waals surface area contributed by atoms with Crippen LogP contribution in [0.1, 0.15) is 53.6 Å². The lowest BCUT2D eigenvalue weighted by Crippen LogP contribution is -2.08. The fraction of sp³-hybridized carbons (Fsp3) is 0.263. The number of halogens is 1. The number of aldehydes is 1. The van der Waals surface area contributed by atoms with E-state index in [0.29, 0.717) is 16.9 Å². The molecule has 0 saturated carbocycles. The third kappa shape index (κ3) is 3.84. The van der Waals surface area contributed by atoms with E-state index in [1.165, 1.54) is 13.1 Å². The van der Waals surface area contributed by atoms with Gasteiger partial charge in [0.2, 0.25) is 11.7 Å². The lowest BCUT2D eigenvalue weighted by atomic mass is 9.98. The second-order valence-electron chi connectivity index (χ2n) is 5.88. The number of hydrogen-bond donors (Lipinski definition) is 1. The van der Waals surface area contributed by atoms with Gasteiger partial charge in [0.25, 0.3) is 0 Å². The molecule has 0 spiro atoms. The van der Waals surface area contributed by atoms with Crippen molar-refractivity contribution >= 4 is 34.8 Å². The number of aliphatic hydroxyl groups excluding tert-OH is 1. The molecular formula is C19H17ClN2O5. The van der Waals surface area contributed by atoms with Crippen LogP contribution in [0.4, 0.5) is 0 Å². The van der Waals surface area contributed by atoms with Crippen molar-refractivity contribution < 1.29 is 23.8 Å². The fourth-order valence-corrected chi connectivity index (χ4v) is 2.87. The van der Waals surface area contributed by atoms with Crippen molar-refractivity contribution in [3.05, 3.63) is 58.4 Å². The smallest absolute Gasteiger partial charge is 0.376 e. The standard InChI is InChI=1S/C19H17ClN2O5/c1-3-26-19(25)17-16(10(2)24)22-18(27-17)14(9-23)11-4-5-15-12(6-11)7-13(20)8-21-15/h4-10,14,24H,3H2,1-2H3. The predicted molar refractivity (Wildman–Crippen MR) is 97.8 cm³/mol. The molecule has 8 heteroatoms. The number of aromatic nitrogens is 2. The predicted octanol–water partition coefficient (Wildman–Crippen LogP) is 3.44. The first-order valence-electron chi connectivity index (χ1n) is 8.30. The van der Waals surface area contributed by atoms with Gasteiger partial charge in [-0.05, 0) is 37.6 Å². The topological polar surface area (TPSA) is 103 Å². The van der Waals surface area contributed by atoms with E-state index < -0.39 is 18.0 Å². The molecule has 140 valence electrons. The fourth-order valence-electron chi connectivity index (χ4n) is 2.70. The van der Waals surface area contributed by atoms with E-state index in [1.807, 2.05) is 0 Å². The molecule has 1 aromatic carbocycles. The van der Waals surface area contributed by atoms with E-state index in [9.17, 15) is 14.7 Å². The molecule has 0 saturated heterocycles. The molecule has 7 nitrogen and oxygen atoms in total. The van der Waals surface area contributed by atoms with Crippen LogP contribution in [0.3, 0.4) is 0 Å². The lowest BCUT2D eigenvalue weighted by molar-refractivity contribution is -0.108. The zero-order chi connectivity index (χ0) is 19.6. The highest BCUT2D eigenvalue weighted by atomic mass is 35.5. The maximum absolute atomic E-state index is 12.1. The van der Waals surface area contributed by atoms with Gasteiger partial charge in [-0.25, -0.2) is 9.78 Å². The number of oxazole rings is 1. The minimum atomic E-state index is -1.06. The van der Waals surface area contributed by atoms with E-state index >= 15 is 0 Å². The van der Waals surface area contributed by atoms with E-state index in [2.05, 4.69) is 9.97 Å². The van der Waals surface area contributed by atoms with Crippen LogP contribution < -0.4 is 0 Å². The third-order valence-electron chi connectivity index (χ3n) is 3.96. The van der Waals surface area contributed by atoms with Crippen molar-refractivity contribution in [2.24, 2.45) is 0 Å². The molecule has 0 radical (unpaired) electrons. The summed E-state index contributed by atoms with van der Waals surface area (Å²) < 4.78 is 10.4. The Labute approximate surface area is 159 Å². The molecule has 2 aromatic heterocycles. The van der Waals surface area contributed by atoms with E-state index in [-0.39, 0.29) is 24.0 Å². The van der Waals surface area contributed by atoms with E-state index in [1.54, 1.807) is 31.2 Å². The molecule has 0 bridgehead atoms. The lowest BCUT2D eigenvalue weighted by Gasteiger charge is -2.08. The first-order valence-corrected chi connectivity index (χ1v) is 8.68. The molecule has 0 fully saturated rings. The Balaban J connectivity index is 2.06. The van der Waals surface area contributed by atoms with Crippen LogP contribution in [0.15, 0.2) is 34.9 Å². The highest BCUT2D eigenvalue weighted by molar-refractivity contribution is 6.31. The summed E-state index contributed by atoms with van der Waals surface area (Å²) >= 11 is 5.98. The largest absolute Gasteiger partial charge is 0.460 e. The van der Waals surface area contributed by atoms with Gasteiger partial charge in [-0.15, -0.1) is 0 Å². The number of carbonyl (C=O) groups excluding carboxylic acids is 2. The maximum Gasteiger partial charge on any atom is 0.376 e. The van der Waals surface area contributed by atoms with Crippen LogP contribution in [0.2, 0.25) is 5.02 Å². The SMILES string of the molecule is CCOC(=O)c1oc(C(C=O)c2ccc3ncc(Cl)cc3c2)nc1C(C)O. The summed E-state index contributed by atoms with van der Waals surface area (Å²) in [6, 6.07) is 6.96. The minimum absolute atomic E-state index is 0.00158. The molecule has 2 unspecified atom stereocenters. The minimum Gasteiger partial charge on any atom is -0.460 e. The van der Waals surface area contributed by atoms with Gasteiger partial charge in [0.05, 0.1) is 23.3 Å². The van der Waals surface area contributed by atoms with Crippen molar-refractivity contribution in [3.63, 3.8) is 0 Å². The number of nitrogens with zero attached hydrogens (tertiary/aromatic N) is 2. The zero-order valence-electron chi connectivity index (χ0n) is 14.7. The Morgan fingerprint density at radius 1 is 1.41 bits per heavy atom. The summed E-state index contributed by atoms with van der Waals surface area (Å²) in [7, 11) is 0. The first kappa shape index (κ1) is 19.0. The van der Waals surface area contributed by atoms with Crippen molar-refractivity contribution in [3.8, 4) is 0 Å². The van der Waals surface area contributed by atoms with Crippen LogP contribution in [0.5, 0.6) is 0 Å². The van der Waals surface area contributed by atoms with Gasteiger partial charge >= 0.3 is 5.97 Å². The number of benzene rings is 1. The van der Waals surface area contributed by atoms with Crippen molar-refractivity contribution in [1.82, 2.24) is 9.97 Å². The first-order chi connectivity index (χ1) is 12.9. The Kier molecular flexibility index (Phi) is 5.53. The van der Waals surface area contributed by atoms with Gasteiger partial charge in [-0.2, -0.15) is 0 Å². The Morgan fingerprint density at radius 3 is 2.85 bits per heavy atom. The molecule has 0 aliphatic rings.